The van der Waals surface area contributed by atoms with Crippen molar-refractivity contribution in [3.05, 3.63) is 47.5 Å². The van der Waals surface area contributed by atoms with Gasteiger partial charge in [0.15, 0.2) is 5.78 Å². The first kappa shape index (κ1) is 12.4. The lowest BCUT2D eigenvalue weighted by Crippen LogP contribution is -1.92. The lowest BCUT2D eigenvalue weighted by Gasteiger charge is -2.08. The highest BCUT2D eigenvalue weighted by atomic mass is 32.2. The van der Waals surface area contributed by atoms with Gasteiger partial charge in [-0.15, -0.1) is 0 Å². The van der Waals surface area contributed by atoms with Gasteiger partial charge >= 0.3 is 0 Å². The van der Waals surface area contributed by atoms with Crippen molar-refractivity contribution in [2.45, 2.75) is 11.8 Å². The van der Waals surface area contributed by atoms with Crippen LogP contribution >= 0.6 is 11.8 Å². The number of Topliss-reactive ketones (excluding diaryl/α,β-unsaturated/α-hetero) is 1. The second kappa shape index (κ2) is 4.09. The number of rotatable bonds is 1. The normalized spacial score (nSPS) is 13.3. The lowest BCUT2D eigenvalue weighted by molar-refractivity contribution is 0.101. The molecule has 3 aromatic rings. The summed E-state index contributed by atoms with van der Waals surface area (Å²) in [6.07, 6.45) is 0. The van der Waals surface area contributed by atoms with E-state index in [2.05, 4.69) is 0 Å². The fourth-order valence-electron chi connectivity index (χ4n) is 2.81. The van der Waals surface area contributed by atoms with Crippen molar-refractivity contribution in [2.75, 3.05) is 0 Å². The van der Waals surface area contributed by atoms with Gasteiger partial charge in [-0.2, -0.15) is 0 Å². The molecule has 1 aliphatic heterocycles. The summed E-state index contributed by atoms with van der Waals surface area (Å²) in [6.45, 7) is 1.52. The maximum Gasteiger partial charge on any atom is 0.224 e. The SMILES string of the molecule is CC(=O)c1ccc2cc3c(O)ccc4c3c(c2c1)SC4=O. The number of ketones is 1. The number of thioether (sulfide) groups is 1. The predicted octanol–water partition coefficient (Wildman–Crippen LogP) is 4.15. The zero-order chi connectivity index (χ0) is 14.7. The molecule has 0 atom stereocenters. The first-order valence-electron chi connectivity index (χ1n) is 6.52. The van der Waals surface area contributed by atoms with Gasteiger partial charge in [-0.1, -0.05) is 12.1 Å². The quantitative estimate of drug-likeness (QED) is 0.541. The minimum Gasteiger partial charge on any atom is -0.507 e. The number of carbonyl (C=O) groups is 2. The molecule has 0 aromatic heterocycles. The van der Waals surface area contributed by atoms with Crippen LogP contribution in [0.3, 0.4) is 0 Å². The Balaban J connectivity index is 2.22. The fourth-order valence-corrected chi connectivity index (χ4v) is 3.89. The number of hydrogen-bond donors (Lipinski definition) is 1. The second-order valence-corrected chi connectivity index (χ2v) is 6.13. The monoisotopic (exact) mass is 294 g/mol. The Labute approximate surface area is 124 Å². The summed E-state index contributed by atoms with van der Waals surface area (Å²) < 4.78 is 0. The molecule has 0 bridgehead atoms. The molecule has 0 amide bonds. The lowest BCUT2D eigenvalue weighted by atomic mass is 9.97. The van der Waals surface area contributed by atoms with E-state index >= 15 is 0 Å². The third-order valence-corrected chi connectivity index (χ3v) is 4.90. The summed E-state index contributed by atoms with van der Waals surface area (Å²) >= 11 is 1.17. The smallest absolute Gasteiger partial charge is 0.224 e. The summed E-state index contributed by atoms with van der Waals surface area (Å²) in [5, 5.41) is 13.3. The first-order chi connectivity index (χ1) is 10.1. The van der Waals surface area contributed by atoms with Crippen molar-refractivity contribution in [1.82, 2.24) is 0 Å². The van der Waals surface area contributed by atoms with Crippen LogP contribution in [0.25, 0.3) is 21.5 Å². The van der Waals surface area contributed by atoms with Crippen molar-refractivity contribution < 1.29 is 14.7 Å². The van der Waals surface area contributed by atoms with E-state index in [0.29, 0.717) is 16.5 Å². The molecule has 102 valence electrons. The number of hydrogen-bond acceptors (Lipinski definition) is 4. The molecule has 1 N–H and O–H groups in total. The summed E-state index contributed by atoms with van der Waals surface area (Å²) in [6, 6.07) is 10.5. The molecule has 3 aromatic carbocycles. The highest BCUT2D eigenvalue weighted by Gasteiger charge is 2.26. The Hall–Kier alpha value is -2.33. The largest absolute Gasteiger partial charge is 0.507 e. The molecule has 0 unspecified atom stereocenters. The highest BCUT2D eigenvalue weighted by Crippen LogP contribution is 2.47. The average Bonchev–Trinajstić information content (AvgIpc) is 2.80. The van der Waals surface area contributed by atoms with Gasteiger partial charge in [-0.3, -0.25) is 9.59 Å². The molecule has 1 aliphatic rings. The standard InChI is InChI=1S/C17H10O3S/c1-8(18)9-2-3-10-7-13-14(19)5-4-11-15(13)16(12(10)6-9)21-17(11)20/h2-7,19H,1H3. The number of fused-ring (bicyclic) bond motifs is 2. The van der Waals surface area contributed by atoms with Gasteiger partial charge in [0.05, 0.1) is 0 Å². The third-order valence-electron chi connectivity index (χ3n) is 3.87. The number of carbonyl (C=O) groups excluding carboxylic acids is 2. The number of aromatic hydroxyl groups is 1. The van der Waals surface area contributed by atoms with Crippen molar-refractivity contribution in [3.63, 3.8) is 0 Å². The van der Waals surface area contributed by atoms with Crippen LogP contribution in [0, 0.1) is 0 Å². The van der Waals surface area contributed by atoms with E-state index in [9.17, 15) is 14.7 Å². The second-order valence-electron chi connectivity index (χ2n) is 5.14. The molecule has 1 heterocycles. The number of phenols is 1. The molecule has 0 spiro atoms. The van der Waals surface area contributed by atoms with Gasteiger partial charge < -0.3 is 5.11 Å². The molecule has 0 fully saturated rings. The van der Waals surface area contributed by atoms with Gasteiger partial charge in [0.2, 0.25) is 5.12 Å². The van der Waals surface area contributed by atoms with Crippen LogP contribution in [0.15, 0.2) is 41.3 Å². The molecular formula is C17H10O3S. The Bertz CT molecular complexity index is 973. The molecule has 4 rings (SSSR count). The third kappa shape index (κ3) is 1.63. The van der Waals surface area contributed by atoms with Crippen molar-refractivity contribution in [1.29, 1.82) is 0 Å². The molecule has 21 heavy (non-hydrogen) atoms. The molecule has 0 saturated heterocycles. The van der Waals surface area contributed by atoms with E-state index in [1.54, 1.807) is 18.2 Å². The van der Waals surface area contributed by atoms with Crippen LogP contribution in [0.1, 0.15) is 27.6 Å². The highest BCUT2D eigenvalue weighted by molar-refractivity contribution is 8.15. The zero-order valence-corrected chi connectivity index (χ0v) is 12.0. The predicted molar refractivity (Wildman–Crippen MR) is 83.3 cm³/mol. The van der Waals surface area contributed by atoms with Crippen LogP contribution in [-0.2, 0) is 0 Å². The van der Waals surface area contributed by atoms with E-state index in [-0.39, 0.29) is 16.6 Å². The Morgan fingerprint density at radius 2 is 1.90 bits per heavy atom. The molecule has 3 nitrogen and oxygen atoms in total. The van der Waals surface area contributed by atoms with E-state index in [4.69, 9.17) is 0 Å². The molecule has 4 heteroatoms. The van der Waals surface area contributed by atoms with Crippen molar-refractivity contribution >= 4 is 44.2 Å². The van der Waals surface area contributed by atoms with Gasteiger partial charge in [0.25, 0.3) is 0 Å². The van der Waals surface area contributed by atoms with E-state index in [0.717, 1.165) is 21.1 Å². The topological polar surface area (TPSA) is 54.4 Å². The van der Waals surface area contributed by atoms with Gasteiger partial charge in [-0.05, 0) is 53.7 Å². The van der Waals surface area contributed by atoms with Crippen LogP contribution in [0.5, 0.6) is 5.75 Å². The average molecular weight is 294 g/mol. The van der Waals surface area contributed by atoms with Crippen molar-refractivity contribution in [3.8, 4) is 5.75 Å². The Morgan fingerprint density at radius 1 is 1.10 bits per heavy atom. The summed E-state index contributed by atoms with van der Waals surface area (Å²) in [5.41, 5.74) is 1.25. The fraction of sp³-hybridized carbons (Fsp3) is 0.0588. The minimum atomic E-state index is -0.0178. The molecule has 0 aliphatic carbocycles. The maximum absolute atomic E-state index is 12.1. The Kier molecular flexibility index (Phi) is 2.41. The summed E-state index contributed by atoms with van der Waals surface area (Å²) in [7, 11) is 0. The van der Waals surface area contributed by atoms with Crippen LogP contribution < -0.4 is 0 Å². The number of benzene rings is 3. The minimum absolute atomic E-state index is 0.00495. The number of phenolic OH excluding ortho intramolecular Hbond substituents is 1. The van der Waals surface area contributed by atoms with E-state index in [1.165, 1.54) is 18.7 Å². The van der Waals surface area contributed by atoms with E-state index < -0.39 is 0 Å². The zero-order valence-electron chi connectivity index (χ0n) is 11.1. The van der Waals surface area contributed by atoms with Gasteiger partial charge in [0.1, 0.15) is 5.75 Å². The molecule has 0 radical (unpaired) electrons. The summed E-state index contributed by atoms with van der Waals surface area (Å²) in [5.74, 6) is 0.164. The van der Waals surface area contributed by atoms with Crippen LogP contribution in [-0.4, -0.2) is 16.0 Å². The molecular weight excluding hydrogens is 284 g/mol. The van der Waals surface area contributed by atoms with Crippen LogP contribution in [0.2, 0.25) is 0 Å². The summed E-state index contributed by atoms with van der Waals surface area (Å²) in [4.78, 5) is 24.5. The van der Waals surface area contributed by atoms with Crippen LogP contribution in [0.4, 0.5) is 0 Å². The van der Waals surface area contributed by atoms with Gasteiger partial charge in [0, 0.05) is 26.8 Å². The Morgan fingerprint density at radius 3 is 2.67 bits per heavy atom. The van der Waals surface area contributed by atoms with Gasteiger partial charge in [-0.25, -0.2) is 0 Å². The first-order valence-corrected chi connectivity index (χ1v) is 7.33. The molecule has 0 saturated carbocycles. The van der Waals surface area contributed by atoms with E-state index in [1.807, 2.05) is 18.2 Å². The van der Waals surface area contributed by atoms with Crippen molar-refractivity contribution in [2.24, 2.45) is 0 Å². The maximum atomic E-state index is 12.1.